The number of carbonyl (C=O) groups is 2. The number of carboxylic acid groups (broad SMARTS) is 1. The van der Waals surface area contributed by atoms with Crippen LogP contribution in [0, 0.1) is 0 Å². The number of aromatic carboxylic acids is 1. The molecule has 0 spiro atoms. The van der Waals surface area contributed by atoms with Gasteiger partial charge in [0, 0.05) is 11.9 Å². The number of amides is 1. The highest BCUT2D eigenvalue weighted by molar-refractivity contribution is 6.30. The summed E-state index contributed by atoms with van der Waals surface area (Å²) >= 11 is 5.77. The maximum atomic E-state index is 11.7. The molecule has 0 radical (unpaired) electrons. The number of carboxylic acids is 1. The lowest BCUT2D eigenvalue weighted by atomic mass is 10.2. The van der Waals surface area contributed by atoms with Crippen LogP contribution in [-0.4, -0.2) is 22.1 Å². The van der Waals surface area contributed by atoms with Crippen molar-refractivity contribution >= 4 is 29.2 Å². The third kappa shape index (κ3) is 3.48. The Kier molecular flexibility index (Phi) is 4.53. The van der Waals surface area contributed by atoms with E-state index in [9.17, 15) is 14.7 Å². The molecule has 0 unspecified atom stereocenters. The largest absolute Gasteiger partial charge is 0.507 e. The normalized spacial score (nSPS) is 10.1. The highest BCUT2D eigenvalue weighted by atomic mass is 35.5. The molecule has 0 fully saturated rings. The molecule has 2 N–H and O–H groups in total. The van der Waals surface area contributed by atoms with Crippen LogP contribution < -0.4 is 9.90 Å². The van der Waals surface area contributed by atoms with Crippen LogP contribution in [0.1, 0.15) is 17.3 Å². The summed E-state index contributed by atoms with van der Waals surface area (Å²) in [6.07, 6.45) is 0. The molecule has 0 bridgehead atoms. The summed E-state index contributed by atoms with van der Waals surface area (Å²) in [4.78, 5) is 28.2. The van der Waals surface area contributed by atoms with Crippen LogP contribution in [-0.2, 0) is 4.79 Å². The minimum atomic E-state index is -1.31. The van der Waals surface area contributed by atoms with Gasteiger partial charge in [0.05, 0.1) is 5.69 Å². The van der Waals surface area contributed by atoms with Crippen molar-refractivity contribution in [2.75, 3.05) is 5.06 Å². The fourth-order valence-corrected chi connectivity index (χ4v) is 1.85. The van der Waals surface area contributed by atoms with E-state index in [0.29, 0.717) is 10.8 Å². The minimum absolute atomic E-state index is 0.178. The summed E-state index contributed by atoms with van der Waals surface area (Å²) in [5.41, 5.74) is -0.152. The topological polar surface area (TPSA) is 87.1 Å². The number of carbonyl (C=O) groups excluding carboxylic acids is 1. The molecular weight excluding hydrogens is 310 g/mol. The van der Waals surface area contributed by atoms with Gasteiger partial charge in [0.2, 0.25) is 0 Å². The van der Waals surface area contributed by atoms with Crippen molar-refractivity contribution in [2.45, 2.75) is 6.92 Å². The second-order valence-corrected chi connectivity index (χ2v) is 4.80. The van der Waals surface area contributed by atoms with E-state index >= 15 is 0 Å². The Labute approximate surface area is 131 Å². The molecule has 0 aliphatic rings. The van der Waals surface area contributed by atoms with Crippen LogP contribution in [0.3, 0.4) is 0 Å². The molecule has 0 aromatic heterocycles. The number of nitrogens with zero attached hydrogens (tertiary/aromatic N) is 1. The Bertz CT molecular complexity index is 714. The Balaban J connectivity index is 2.36. The molecule has 2 aromatic rings. The third-order valence-corrected chi connectivity index (χ3v) is 2.99. The first-order valence-electron chi connectivity index (χ1n) is 6.19. The first-order valence-corrected chi connectivity index (χ1v) is 6.57. The van der Waals surface area contributed by atoms with Gasteiger partial charge < -0.3 is 15.1 Å². The smallest absolute Gasteiger partial charge is 0.339 e. The first kappa shape index (κ1) is 15.7. The lowest BCUT2D eigenvalue weighted by molar-refractivity contribution is -0.120. The molecular formula is C15H12ClNO5. The zero-order valence-electron chi connectivity index (χ0n) is 11.5. The first-order chi connectivity index (χ1) is 10.4. The number of aromatic hydroxyl groups is 1. The monoisotopic (exact) mass is 321 g/mol. The third-order valence-electron chi connectivity index (χ3n) is 2.74. The van der Waals surface area contributed by atoms with Crippen LogP contribution in [0.15, 0.2) is 42.5 Å². The molecule has 0 heterocycles. The van der Waals surface area contributed by atoms with E-state index < -0.39 is 17.6 Å². The maximum absolute atomic E-state index is 11.7. The summed E-state index contributed by atoms with van der Waals surface area (Å²) in [5.74, 6) is -1.82. The van der Waals surface area contributed by atoms with Crippen molar-refractivity contribution in [3.8, 4) is 11.5 Å². The number of hydrogen-bond acceptors (Lipinski definition) is 4. The van der Waals surface area contributed by atoms with Gasteiger partial charge in [-0.15, -0.1) is 5.06 Å². The van der Waals surface area contributed by atoms with Gasteiger partial charge in [-0.2, -0.15) is 0 Å². The van der Waals surface area contributed by atoms with Gasteiger partial charge in [0.25, 0.3) is 5.91 Å². The van der Waals surface area contributed by atoms with E-state index in [1.165, 1.54) is 19.1 Å². The van der Waals surface area contributed by atoms with Crippen molar-refractivity contribution in [2.24, 2.45) is 0 Å². The molecule has 2 aromatic carbocycles. The molecule has 22 heavy (non-hydrogen) atoms. The molecule has 6 nitrogen and oxygen atoms in total. The molecule has 1 amide bonds. The maximum Gasteiger partial charge on any atom is 0.339 e. The summed E-state index contributed by atoms with van der Waals surface area (Å²) in [5, 5.41) is 20.0. The van der Waals surface area contributed by atoms with Crippen LogP contribution >= 0.6 is 11.6 Å². The van der Waals surface area contributed by atoms with E-state index in [1.54, 1.807) is 24.3 Å². The molecule has 0 saturated heterocycles. The summed E-state index contributed by atoms with van der Waals surface area (Å²) in [7, 11) is 0. The lowest BCUT2D eigenvalue weighted by Gasteiger charge is -2.21. The van der Waals surface area contributed by atoms with E-state index in [1.807, 2.05) is 0 Å². The Morgan fingerprint density at radius 2 is 1.77 bits per heavy atom. The van der Waals surface area contributed by atoms with E-state index in [-0.39, 0.29) is 11.3 Å². The quantitative estimate of drug-likeness (QED) is 0.845. The number of hydrogen-bond donors (Lipinski definition) is 2. The zero-order chi connectivity index (χ0) is 16.3. The average molecular weight is 322 g/mol. The molecule has 0 aliphatic carbocycles. The van der Waals surface area contributed by atoms with Crippen molar-refractivity contribution in [3.05, 3.63) is 53.1 Å². The summed E-state index contributed by atoms with van der Waals surface area (Å²) in [6, 6.07) is 10.0. The Morgan fingerprint density at radius 1 is 1.14 bits per heavy atom. The van der Waals surface area contributed by atoms with Gasteiger partial charge in [0.15, 0.2) is 5.75 Å². The van der Waals surface area contributed by atoms with E-state index in [4.69, 9.17) is 21.5 Å². The van der Waals surface area contributed by atoms with E-state index in [2.05, 4.69) is 0 Å². The number of hydroxylamine groups is 1. The Morgan fingerprint density at radius 3 is 2.32 bits per heavy atom. The fourth-order valence-electron chi connectivity index (χ4n) is 1.72. The summed E-state index contributed by atoms with van der Waals surface area (Å²) in [6.45, 7) is 1.27. The second kappa shape index (κ2) is 6.36. The summed E-state index contributed by atoms with van der Waals surface area (Å²) < 4.78 is 0. The van der Waals surface area contributed by atoms with Gasteiger partial charge >= 0.3 is 5.97 Å². The highest BCUT2D eigenvalue weighted by Gasteiger charge is 2.18. The second-order valence-electron chi connectivity index (χ2n) is 4.37. The van der Waals surface area contributed by atoms with Gasteiger partial charge in [-0.3, -0.25) is 4.79 Å². The van der Waals surface area contributed by atoms with E-state index in [0.717, 1.165) is 11.1 Å². The predicted molar refractivity (Wildman–Crippen MR) is 80.3 cm³/mol. The highest BCUT2D eigenvalue weighted by Crippen LogP contribution is 2.26. The number of anilines is 1. The number of phenols is 1. The number of halogens is 1. The van der Waals surface area contributed by atoms with Crippen LogP contribution in [0.25, 0.3) is 0 Å². The Hall–Kier alpha value is -2.73. The van der Waals surface area contributed by atoms with Crippen LogP contribution in [0.2, 0.25) is 5.02 Å². The van der Waals surface area contributed by atoms with Gasteiger partial charge in [-0.1, -0.05) is 11.6 Å². The van der Waals surface area contributed by atoms with Crippen LogP contribution in [0.5, 0.6) is 11.5 Å². The average Bonchev–Trinajstić information content (AvgIpc) is 2.47. The molecule has 0 saturated carbocycles. The standard InChI is InChI=1S/C15H12ClNO5/c1-9(18)17(22-12-5-2-10(16)3-6-12)11-4-7-14(19)13(8-11)15(20)21/h2-8,19H,1H3,(H,20,21). The van der Waals surface area contributed by atoms with Crippen molar-refractivity contribution in [3.63, 3.8) is 0 Å². The van der Waals surface area contributed by atoms with Gasteiger partial charge in [0.1, 0.15) is 11.3 Å². The number of benzene rings is 2. The predicted octanol–water partition coefficient (Wildman–Crippen LogP) is 3.09. The van der Waals surface area contributed by atoms with Crippen molar-refractivity contribution in [1.82, 2.24) is 0 Å². The minimum Gasteiger partial charge on any atom is -0.507 e. The lowest BCUT2D eigenvalue weighted by Crippen LogP contribution is -2.32. The van der Waals surface area contributed by atoms with Gasteiger partial charge in [-0.05, 0) is 42.5 Å². The fraction of sp³-hybridized carbons (Fsp3) is 0.0667. The van der Waals surface area contributed by atoms with Crippen molar-refractivity contribution < 1.29 is 24.6 Å². The van der Waals surface area contributed by atoms with Crippen molar-refractivity contribution in [1.29, 1.82) is 0 Å². The van der Waals surface area contributed by atoms with Crippen LogP contribution in [0.4, 0.5) is 5.69 Å². The SMILES string of the molecule is CC(=O)N(Oc1ccc(Cl)cc1)c1ccc(O)c(C(=O)O)c1. The number of rotatable bonds is 4. The molecule has 2 rings (SSSR count). The zero-order valence-corrected chi connectivity index (χ0v) is 12.2. The molecule has 0 atom stereocenters. The molecule has 114 valence electrons. The molecule has 0 aliphatic heterocycles. The molecule has 7 heteroatoms. The van der Waals surface area contributed by atoms with Gasteiger partial charge in [-0.25, -0.2) is 4.79 Å².